The molecule has 5 aromatic carbocycles. The third-order valence-corrected chi connectivity index (χ3v) is 12.3. The third-order valence-electron chi connectivity index (χ3n) is 8.98. The van der Waals surface area contributed by atoms with Gasteiger partial charge in [0.05, 0.1) is 8.07 Å². The van der Waals surface area contributed by atoms with E-state index in [9.17, 15) is 0 Å². The van der Waals surface area contributed by atoms with Crippen LogP contribution in [0.5, 0.6) is 0 Å². The Morgan fingerprint density at radius 2 is 1.59 bits per heavy atom. The van der Waals surface area contributed by atoms with Crippen molar-refractivity contribution in [2.24, 2.45) is 0 Å². The number of benzene rings is 5. The molecule has 0 aliphatic carbocycles. The summed E-state index contributed by atoms with van der Waals surface area (Å²) >= 11 is 1.81. The zero-order chi connectivity index (χ0) is 34.5. The minimum atomic E-state index is -1.27. The van der Waals surface area contributed by atoms with Gasteiger partial charge in [-0.15, -0.1) is 53.4 Å². The number of hydrogen-bond donors (Lipinski definition) is 0. The maximum Gasteiger partial charge on any atom is 0.0798 e. The molecule has 0 N–H and O–H groups in total. The smallest absolute Gasteiger partial charge is 0.0798 e. The molecule has 247 valence electrons. The molecule has 0 saturated heterocycles. The summed E-state index contributed by atoms with van der Waals surface area (Å²) in [5, 5.41) is 8.85. The van der Waals surface area contributed by atoms with E-state index >= 15 is 0 Å². The van der Waals surface area contributed by atoms with Gasteiger partial charge in [0.15, 0.2) is 0 Å². The molecule has 3 aromatic heterocycles. The van der Waals surface area contributed by atoms with Crippen LogP contribution in [-0.2, 0) is 20.1 Å². The summed E-state index contributed by atoms with van der Waals surface area (Å²) < 4.78 is 11.0. The van der Waals surface area contributed by atoms with Gasteiger partial charge in [-0.2, -0.15) is 11.3 Å². The summed E-state index contributed by atoms with van der Waals surface area (Å²) in [5.74, 6) is -0.677. The molecule has 2 nitrogen and oxygen atoms in total. The summed E-state index contributed by atoms with van der Waals surface area (Å²) in [6.45, 7) is 15.2. The van der Waals surface area contributed by atoms with Crippen molar-refractivity contribution in [1.82, 2.24) is 9.97 Å². The van der Waals surface area contributed by atoms with Crippen LogP contribution in [0.2, 0.25) is 19.6 Å². The minimum absolute atomic E-state index is 0. The maximum absolute atomic E-state index is 8.48. The molecule has 0 unspecified atom stereocenters. The van der Waals surface area contributed by atoms with Crippen LogP contribution in [0.1, 0.15) is 37.8 Å². The Hall–Kier alpha value is -3.99. The number of thiophene rings is 1. The quantitative estimate of drug-likeness (QED) is 0.130. The Morgan fingerprint density at radius 1 is 0.796 bits per heavy atom. The fraction of sp³-hybridized carbons (Fsp3) is 0.182. The van der Waals surface area contributed by atoms with E-state index in [1.54, 1.807) is 0 Å². The van der Waals surface area contributed by atoms with Crippen molar-refractivity contribution in [2.45, 2.75) is 53.2 Å². The summed E-state index contributed by atoms with van der Waals surface area (Å²) in [5.41, 5.74) is 7.57. The first kappa shape index (κ1) is 33.5. The largest absolute Gasteiger partial charge is 0.305 e. The number of aromatic nitrogens is 2. The minimum Gasteiger partial charge on any atom is -0.305 e. The Bertz CT molecular complexity index is 2490. The van der Waals surface area contributed by atoms with Gasteiger partial charge >= 0.3 is 0 Å². The van der Waals surface area contributed by atoms with Gasteiger partial charge in [0.25, 0.3) is 0 Å². The predicted molar refractivity (Wildman–Crippen MR) is 211 cm³/mol. The van der Waals surface area contributed by atoms with Crippen LogP contribution in [0.15, 0.2) is 109 Å². The molecular formula is C44H40IrN2SSi-2. The molecule has 0 atom stereocenters. The molecule has 5 heteroatoms. The first-order valence-corrected chi connectivity index (χ1v) is 20.8. The van der Waals surface area contributed by atoms with Crippen LogP contribution < -0.4 is 5.19 Å². The third kappa shape index (κ3) is 7.04. The van der Waals surface area contributed by atoms with Crippen LogP contribution in [0.25, 0.3) is 64.2 Å². The zero-order valence-corrected chi connectivity index (χ0v) is 33.2. The topological polar surface area (TPSA) is 25.8 Å². The molecule has 8 rings (SSSR count). The molecule has 3 heterocycles. The molecule has 0 aliphatic rings. The monoisotopic (exact) mass is 850 g/mol. The maximum atomic E-state index is 8.48. The summed E-state index contributed by atoms with van der Waals surface area (Å²) in [7, 11) is -1.27. The number of aryl methyl sites for hydroxylation is 2. The van der Waals surface area contributed by atoms with Gasteiger partial charge in [-0.25, -0.2) is 0 Å². The van der Waals surface area contributed by atoms with E-state index in [0.29, 0.717) is 0 Å². The van der Waals surface area contributed by atoms with Crippen molar-refractivity contribution < 1.29 is 21.5 Å². The van der Waals surface area contributed by atoms with E-state index in [4.69, 9.17) is 6.35 Å². The SMILES string of the molecule is Cc1cc(-c2[c-]cccc2)ncc1[Si](C)(C)C.[2H]C(C)(C)c1ccnc(-c2[c-]c3ccccc3c3c2sc2cc4cc(C)ccc4cc23)c1.[Ir]. The molecule has 8 aromatic rings. The molecule has 0 saturated carbocycles. The first-order valence-electron chi connectivity index (χ1n) is 17.0. The number of pyridine rings is 2. The van der Waals surface area contributed by atoms with Crippen LogP contribution in [0, 0.1) is 26.0 Å². The van der Waals surface area contributed by atoms with Crippen molar-refractivity contribution in [3.63, 3.8) is 0 Å². The van der Waals surface area contributed by atoms with Crippen molar-refractivity contribution in [3.05, 3.63) is 138 Å². The molecule has 0 amide bonds. The van der Waals surface area contributed by atoms with Crippen LogP contribution in [-0.4, -0.2) is 18.0 Å². The number of hydrogen-bond acceptors (Lipinski definition) is 3. The molecule has 0 bridgehead atoms. The summed E-state index contributed by atoms with van der Waals surface area (Å²) in [6.07, 6.45) is 3.87. The van der Waals surface area contributed by atoms with Gasteiger partial charge in [0.2, 0.25) is 0 Å². The number of nitrogens with zero attached hydrogens (tertiary/aromatic N) is 2. The zero-order valence-electron chi connectivity index (χ0n) is 30.0. The average Bonchev–Trinajstić information content (AvgIpc) is 3.45. The van der Waals surface area contributed by atoms with Crippen molar-refractivity contribution in [2.75, 3.05) is 0 Å². The standard InChI is InChI=1S/C29H22NS.C15H18NSi.Ir/c1-17(2)19-10-11-30-26(15-19)24-14-21-6-4-5-7-23(21)28-25-13-20-9-8-18(3)12-22(20)16-27(25)31-29(24)28;1-12-10-14(13-8-6-5-7-9-13)16-11-15(12)17(2,3)4;/h4-13,15-17H,1-3H3;5-8,10-11H,1-4H3;/q2*-1;/i17D;;. The first-order chi connectivity index (χ1) is 23.4. The van der Waals surface area contributed by atoms with Crippen molar-refractivity contribution >= 4 is 66.3 Å². The summed E-state index contributed by atoms with van der Waals surface area (Å²) in [4.78, 5) is 9.29. The van der Waals surface area contributed by atoms with E-state index in [0.717, 1.165) is 33.5 Å². The molecule has 49 heavy (non-hydrogen) atoms. The van der Waals surface area contributed by atoms with E-state index < -0.39 is 14.0 Å². The Labute approximate surface area is 310 Å². The Morgan fingerprint density at radius 3 is 2.33 bits per heavy atom. The van der Waals surface area contributed by atoms with Crippen LogP contribution in [0.4, 0.5) is 0 Å². The molecule has 0 spiro atoms. The molecular weight excluding hydrogens is 809 g/mol. The Kier molecular flexibility index (Phi) is 9.63. The van der Waals surface area contributed by atoms with Gasteiger partial charge < -0.3 is 4.98 Å². The summed E-state index contributed by atoms with van der Waals surface area (Å²) in [6, 6.07) is 40.8. The van der Waals surface area contributed by atoms with Gasteiger partial charge in [0, 0.05) is 44.3 Å². The van der Waals surface area contributed by atoms with Gasteiger partial charge in [-0.05, 0) is 75.2 Å². The van der Waals surface area contributed by atoms with Crippen molar-refractivity contribution in [1.29, 1.82) is 0 Å². The average molecular weight is 850 g/mol. The fourth-order valence-electron chi connectivity index (χ4n) is 6.50. The van der Waals surface area contributed by atoms with E-state index in [1.807, 2.05) is 55.6 Å². The van der Waals surface area contributed by atoms with Gasteiger partial charge in [-0.3, -0.25) is 4.98 Å². The molecule has 1 radical (unpaired) electrons. The van der Waals surface area contributed by atoms with E-state index in [2.05, 4.69) is 130 Å². The number of fused-ring (bicyclic) bond motifs is 6. The molecule has 0 fully saturated rings. The van der Waals surface area contributed by atoms with Gasteiger partial charge in [0.1, 0.15) is 0 Å². The molecule has 0 aliphatic heterocycles. The van der Waals surface area contributed by atoms with Crippen LogP contribution in [0.3, 0.4) is 0 Å². The van der Waals surface area contributed by atoms with Crippen LogP contribution >= 0.6 is 11.3 Å². The normalized spacial score (nSPS) is 12.1. The van der Waals surface area contributed by atoms with Gasteiger partial charge in [-0.1, -0.05) is 109 Å². The predicted octanol–water partition coefficient (Wildman–Crippen LogP) is 12.1. The Balaban J connectivity index is 0.000000204. The second-order valence-corrected chi connectivity index (χ2v) is 20.0. The number of rotatable bonds is 4. The van der Waals surface area contributed by atoms with E-state index in [-0.39, 0.29) is 20.1 Å². The van der Waals surface area contributed by atoms with E-state index in [1.165, 1.54) is 52.6 Å². The van der Waals surface area contributed by atoms with Crippen molar-refractivity contribution in [3.8, 4) is 22.5 Å². The second kappa shape index (κ2) is 14.1. The fourth-order valence-corrected chi connectivity index (χ4v) is 9.47. The second-order valence-electron chi connectivity index (χ2n) is 13.9.